The largest absolute Gasteiger partial charge is 0.287 e. The summed E-state index contributed by atoms with van der Waals surface area (Å²) in [6.45, 7) is 2.34. The van der Waals surface area contributed by atoms with Crippen LogP contribution in [0.2, 0.25) is 0 Å². The molecular weight excluding hydrogens is 420 g/mol. The van der Waals surface area contributed by atoms with Crippen molar-refractivity contribution in [2.45, 2.75) is 6.92 Å². The fourth-order valence-electron chi connectivity index (χ4n) is 2.89. The standard InChI is InChI=1S/C21H16N4O3S2/c1-2-24-19(26)18(12-14-7-6-10-16(11-14)25(27)28)30-21(24)23-20-22-17(13-29-20)15-8-4-3-5-9-15/h3-13H,2H2,1H3/b18-12-,23-21+. The van der Waals surface area contributed by atoms with E-state index < -0.39 is 4.92 Å². The van der Waals surface area contributed by atoms with Gasteiger partial charge in [0.05, 0.1) is 15.5 Å². The molecule has 9 heteroatoms. The van der Waals surface area contributed by atoms with Crippen molar-refractivity contribution in [1.29, 1.82) is 0 Å². The number of amidine groups is 1. The first-order valence-corrected chi connectivity index (χ1v) is 10.8. The summed E-state index contributed by atoms with van der Waals surface area (Å²) < 4.78 is 0. The Morgan fingerprint density at radius 1 is 1.20 bits per heavy atom. The van der Waals surface area contributed by atoms with Crippen LogP contribution < -0.4 is 0 Å². The second-order valence-electron chi connectivity index (χ2n) is 6.29. The Kier molecular flexibility index (Phi) is 5.73. The molecule has 0 N–H and O–H groups in total. The van der Waals surface area contributed by atoms with E-state index in [1.807, 2.05) is 42.6 Å². The van der Waals surface area contributed by atoms with Crippen LogP contribution >= 0.6 is 23.1 Å². The van der Waals surface area contributed by atoms with Gasteiger partial charge in [-0.05, 0) is 30.3 Å². The fourth-order valence-corrected chi connectivity index (χ4v) is 4.69. The number of carbonyl (C=O) groups excluding carboxylic acids is 1. The summed E-state index contributed by atoms with van der Waals surface area (Å²) in [7, 11) is 0. The van der Waals surface area contributed by atoms with Gasteiger partial charge >= 0.3 is 0 Å². The minimum absolute atomic E-state index is 0.0164. The summed E-state index contributed by atoms with van der Waals surface area (Å²) in [6, 6.07) is 16.0. The number of hydrogen-bond donors (Lipinski definition) is 0. The Morgan fingerprint density at radius 2 is 2.00 bits per heavy atom. The van der Waals surface area contributed by atoms with Gasteiger partial charge in [-0.1, -0.05) is 42.5 Å². The number of rotatable bonds is 5. The van der Waals surface area contributed by atoms with E-state index in [9.17, 15) is 14.9 Å². The number of thiazole rings is 1. The van der Waals surface area contributed by atoms with Crippen LogP contribution in [-0.4, -0.2) is 32.4 Å². The number of nitrogens with zero attached hydrogens (tertiary/aromatic N) is 4. The Morgan fingerprint density at radius 3 is 2.73 bits per heavy atom. The van der Waals surface area contributed by atoms with Gasteiger partial charge in [-0.25, -0.2) is 4.98 Å². The van der Waals surface area contributed by atoms with Crippen molar-refractivity contribution in [3.8, 4) is 11.3 Å². The lowest BCUT2D eigenvalue weighted by Gasteiger charge is -2.11. The SMILES string of the molecule is CCN1C(=O)/C(=C/c2cccc([N+](=O)[O-])c2)S/C1=N/c1nc(-c2ccccc2)cs1. The molecule has 0 spiro atoms. The highest BCUT2D eigenvalue weighted by atomic mass is 32.2. The highest BCUT2D eigenvalue weighted by molar-refractivity contribution is 8.18. The number of thioether (sulfide) groups is 1. The Hall–Kier alpha value is -3.30. The molecule has 1 saturated heterocycles. The number of nitro groups is 1. The highest BCUT2D eigenvalue weighted by Crippen LogP contribution is 2.35. The minimum Gasteiger partial charge on any atom is -0.287 e. The van der Waals surface area contributed by atoms with Gasteiger partial charge in [-0.15, -0.1) is 11.3 Å². The summed E-state index contributed by atoms with van der Waals surface area (Å²) in [4.78, 5) is 34.5. The molecule has 0 unspecified atom stereocenters. The van der Waals surface area contributed by atoms with Crippen LogP contribution in [-0.2, 0) is 4.79 Å². The van der Waals surface area contributed by atoms with Crippen molar-refractivity contribution in [3.63, 3.8) is 0 Å². The Bertz CT molecular complexity index is 1170. The molecule has 150 valence electrons. The second kappa shape index (κ2) is 8.60. The zero-order valence-electron chi connectivity index (χ0n) is 15.9. The summed E-state index contributed by atoms with van der Waals surface area (Å²) in [5.74, 6) is -0.174. The lowest BCUT2D eigenvalue weighted by atomic mass is 10.2. The van der Waals surface area contributed by atoms with Crippen molar-refractivity contribution in [2.75, 3.05) is 6.54 Å². The molecule has 0 radical (unpaired) electrons. The maximum atomic E-state index is 12.8. The number of amides is 1. The average Bonchev–Trinajstić information content (AvgIpc) is 3.34. The molecule has 2 aromatic carbocycles. The minimum atomic E-state index is -0.455. The van der Waals surface area contributed by atoms with Gasteiger partial charge in [-0.2, -0.15) is 4.99 Å². The van der Waals surface area contributed by atoms with Gasteiger partial charge < -0.3 is 0 Å². The maximum absolute atomic E-state index is 12.8. The first-order valence-electron chi connectivity index (χ1n) is 9.10. The molecule has 0 saturated carbocycles. The molecule has 1 fully saturated rings. The van der Waals surface area contributed by atoms with Crippen LogP contribution in [0.4, 0.5) is 10.8 Å². The van der Waals surface area contributed by atoms with Gasteiger partial charge in [-0.3, -0.25) is 19.8 Å². The van der Waals surface area contributed by atoms with E-state index >= 15 is 0 Å². The number of non-ortho nitro benzene ring substituents is 1. The van der Waals surface area contributed by atoms with Crippen LogP contribution in [0.5, 0.6) is 0 Å². The van der Waals surface area contributed by atoms with Gasteiger partial charge in [0.1, 0.15) is 0 Å². The maximum Gasteiger partial charge on any atom is 0.270 e. The van der Waals surface area contributed by atoms with E-state index in [1.54, 1.807) is 23.1 Å². The number of aliphatic imine (C=N–C) groups is 1. The molecule has 2 heterocycles. The van der Waals surface area contributed by atoms with Crippen molar-refractivity contribution < 1.29 is 9.72 Å². The van der Waals surface area contributed by atoms with E-state index in [4.69, 9.17) is 0 Å². The number of likely N-dealkylation sites (N-methyl/N-ethyl adjacent to an activating group) is 1. The molecule has 1 aromatic heterocycles. The molecule has 0 aliphatic carbocycles. The molecular formula is C21H16N4O3S2. The number of carbonyl (C=O) groups is 1. The van der Waals surface area contributed by atoms with Crippen molar-refractivity contribution in [3.05, 3.63) is 80.6 Å². The summed E-state index contributed by atoms with van der Waals surface area (Å²) in [6.07, 6.45) is 1.66. The predicted octanol–water partition coefficient (Wildman–Crippen LogP) is 5.34. The summed E-state index contributed by atoms with van der Waals surface area (Å²) in [5, 5.41) is 14.0. The van der Waals surface area contributed by atoms with Crippen LogP contribution in [0.1, 0.15) is 12.5 Å². The number of benzene rings is 2. The molecule has 7 nitrogen and oxygen atoms in total. The molecule has 30 heavy (non-hydrogen) atoms. The third kappa shape index (κ3) is 4.17. The van der Waals surface area contributed by atoms with Gasteiger partial charge in [0.15, 0.2) is 5.17 Å². The average molecular weight is 437 g/mol. The Labute approximate surface area is 180 Å². The zero-order valence-corrected chi connectivity index (χ0v) is 17.5. The lowest BCUT2D eigenvalue weighted by molar-refractivity contribution is -0.384. The molecule has 1 aliphatic rings. The third-order valence-corrected chi connectivity index (χ3v) is 6.08. The van der Waals surface area contributed by atoms with Crippen molar-refractivity contribution >= 4 is 51.1 Å². The van der Waals surface area contributed by atoms with Gasteiger partial charge in [0, 0.05) is 29.6 Å². The molecule has 1 amide bonds. The van der Waals surface area contributed by atoms with E-state index in [2.05, 4.69) is 9.98 Å². The van der Waals surface area contributed by atoms with E-state index in [1.165, 1.54) is 35.2 Å². The highest BCUT2D eigenvalue weighted by Gasteiger charge is 2.32. The predicted molar refractivity (Wildman–Crippen MR) is 121 cm³/mol. The van der Waals surface area contributed by atoms with Gasteiger partial charge in [0.25, 0.3) is 11.6 Å². The molecule has 3 aromatic rings. The number of hydrogen-bond acceptors (Lipinski definition) is 7. The quantitative estimate of drug-likeness (QED) is 0.306. The number of aromatic nitrogens is 1. The van der Waals surface area contributed by atoms with Crippen LogP contribution in [0.25, 0.3) is 17.3 Å². The first kappa shape index (κ1) is 20.0. The smallest absolute Gasteiger partial charge is 0.270 e. The monoisotopic (exact) mass is 436 g/mol. The third-order valence-electron chi connectivity index (χ3n) is 4.34. The molecule has 1 aliphatic heterocycles. The van der Waals surface area contributed by atoms with Gasteiger partial charge in [0.2, 0.25) is 5.13 Å². The van der Waals surface area contributed by atoms with Crippen LogP contribution in [0, 0.1) is 10.1 Å². The van der Waals surface area contributed by atoms with Crippen molar-refractivity contribution in [1.82, 2.24) is 9.88 Å². The van der Waals surface area contributed by atoms with E-state index in [0.29, 0.717) is 27.3 Å². The zero-order chi connectivity index (χ0) is 21.1. The van der Waals surface area contributed by atoms with E-state index in [-0.39, 0.29) is 11.6 Å². The molecule has 0 bridgehead atoms. The second-order valence-corrected chi connectivity index (χ2v) is 8.13. The normalized spacial score (nSPS) is 16.6. The van der Waals surface area contributed by atoms with E-state index in [0.717, 1.165) is 11.3 Å². The van der Waals surface area contributed by atoms with Crippen LogP contribution in [0.15, 0.2) is 69.9 Å². The number of nitro benzene ring substituents is 1. The summed E-state index contributed by atoms with van der Waals surface area (Å²) >= 11 is 2.66. The van der Waals surface area contributed by atoms with Crippen molar-refractivity contribution in [2.24, 2.45) is 4.99 Å². The molecule has 4 rings (SSSR count). The van der Waals surface area contributed by atoms with Crippen LogP contribution in [0.3, 0.4) is 0 Å². The fraction of sp³-hybridized carbons (Fsp3) is 0.0952. The topological polar surface area (TPSA) is 88.7 Å². The molecule has 0 atom stereocenters. The Balaban J connectivity index is 1.62. The summed E-state index contributed by atoms with van der Waals surface area (Å²) in [5.41, 5.74) is 2.42. The first-order chi connectivity index (χ1) is 14.5. The lowest BCUT2D eigenvalue weighted by Crippen LogP contribution is -2.28.